The summed E-state index contributed by atoms with van der Waals surface area (Å²) < 4.78 is 2.12. The van der Waals surface area contributed by atoms with Gasteiger partial charge >= 0.3 is 0 Å². The minimum absolute atomic E-state index is 0.370. The quantitative estimate of drug-likeness (QED) is 0.684. The van der Waals surface area contributed by atoms with Gasteiger partial charge in [0.25, 0.3) is 0 Å². The molecule has 1 aliphatic rings. The van der Waals surface area contributed by atoms with Crippen molar-refractivity contribution in [3.05, 3.63) is 72.2 Å². The van der Waals surface area contributed by atoms with Crippen LogP contribution < -0.4 is 0 Å². The summed E-state index contributed by atoms with van der Waals surface area (Å²) in [6.07, 6.45) is 10.1. The second kappa shape index (κ2) is 8.01. The maximum absolute atomic E-state index is 5.01. The van der Waals surface area contributed by atoms with Gasteiger partial charge in [-0.3, -0.25) is 14.5 Å². The monoisotopic (exact) mass is 361 g/mol. The molecule has 0 radical (unpaired) electrons. The Morgan fingerprint density at radius 1 is 1.15 bits per heavy atom. The largest absolute Gasteiger partial charge is 0.298 e. The first-order chi connectivity index (χ1) is 13.2. The predicted molar refractivity (Wildman–Crippen MR) is 107 cm³/mol. The van der Waals surface area contributed by atoms with E-state index in [1.165, 1.54) is 24.1 Å². The molecular formula is C22H27N5. The van der Waals surface area contributed by atoms with Crippen molar-refractivity contribution >= 4 is 0 Å². The van der Waals surface area contributed by atoms with Crippen molar-refractivity contribution in [2.75, 3.05) is 13.1 Å². The molecular weight excluding hydrogens is 334 g/mol. The molecule has 0 amide bonds. The molecule has 3 aromatic heterocycles. The first-order valence-electron chi connectivity index (χ1n) is 9.82. The SMILES string of the molecule is CC(C)c1nccn1-c1cccc([C@H]2CCCN(Cc3cccnc3)C2)n1. The van der Waals surface area contributed by atoms with Crippen LogP contribution in [0.25, 0.3) is 5.82 Å². The maximum Gasteiger partial charge on any atom is 0.138 e. The molecule has 1 aliphatic heterocycles. The number of rotatable bonds is 5. The number of pyridine rings is 2. The van der Waals surface area contributed by atoms with Gasteiger partial charge in [0.15, 0.2) is 0 Å². The Morgan fingerprint density at radius 2 is 2.07 bits per heavy atom. The Kier molecular flexibility index (Phi) is 5.30. The molecule has 0 unspecified atom stereocenters. The average molecular weight is 361 g/mol. The van der Waals surface area contributed by atoms with Crippen LogP contribution >= 0.6 is 0 Å². The second-order valence-electron chi connectivity index (χ2n) is 7.67. The third-order valence-electron chi connectivity index (χ3n) is 5.24. The summed E-state index contributed by atoms with van der Waals surface area (Å²) in [5.74, 6) is 2.87. The fourth-order valence-electron chi connectivity index (χ4n) is 3.93. The Bertz CT molecular complexity index is 871. The zero-order valence-electron chi connectivity index (χ0n) is 16.1. The first-order valence-corrected chi connectivity index (χ1v) is 9.82. The van der Waals surface area contributed by atoms with Crippen molar-refractivity contribution in [1.29, 1.82) is 0 Å². The first kappa shape index (κ1) is 17.9. The topological polar surface area (TPSA) is 46.8 Å². The molecule has 4 heterocycles. The van der Waals surface area contributed by atoms with Crippen LogP contribution in [0.3, 0.4) is 0 Å². The third kappa shape index (κ3) is 4.08. The summed E-state index contributed by atoms with van der Waals surface area (Å²) in [5.41, 5.74) is 2.46. The van der Waals surface area contributed by atoms with Crippen molar-refractivity contribution in [3.8, 4) is 5.82 Å². The van der Waals surface area contributed by atoms with Crippen LogP contribution in [0.4, 0.5) is 0 Å². The van der Waals surface area contributed by atoms with Crippen LogP contribution in [-0.2, 0) is 6.54 Å². The van der Waals surface area contributed by atoms with Crippen molar-refractivity contribution in [1.82, 2.24) is 24.4 Å². The van der Waals surface area contributed by atoms with Gasteiger partial charge in [0, 0.05) is 55.4 Å². The normalized spacial score (nSPS) is 18.1. The smallest absolute Gasteiger partial charge is 0.138 e. The van der Waals surface area contributed by atoms with Crippen LogP contribution in [0.2, 0.25) is 0 Å². The van der Waals surface area contributed by atoms with Gasteiger partial charge in [0.2, 0.25) is 0 Å². The fraction of sp³-hybridized carbons (Fsp3) is 0.409. The Balaban J connectivity index is 1.52. The van der Waals surface area contributed by atoms with E-state index in [0.717, 1.165) is 31.3 Å². The molecule has 140 valence electrons. The minimum atomic E-state index is 0.370. The van der Waals surface area contributed by atoms with Gasteiger partial charge in [-0.15, -0.1) is 0 Å². The van der Waals surface area contributed by atoms with Crippen LogP contribution in [0.15, 0.2) is 55.1 Å². The van der Waals surface area contributed by atoms with Crippen LogP contribution in [0.5, 0.6) is 0 Å². The molecule has 27 heavy (non-hydrogen) atoms. The zero-order valence-corrected chi connectivity index (χ0v) is 16.1. The van der Waals surface area contributed by atoms with E-state index >= 15 is 0 Å². The lowest BCUT2D eigenvalue weighted by Crippen LogP contribution is -2.34. The summed E-state index contributed by atoms with van der Waals surface area (Å²) in [7, 11) is 0. The average Bonchev–Trinajstić information content (AvgIpc) is 3.19. The van der Waals surface area contributed by atoms with E-state index in [-0.39, 0.29) is 0 Å². The van der Waals surface area contributed by atoms with Gasteiger partial charge in [-0.25, -0.2) is 9.97 Å². The molecule has 0 aliphatic carbocycles. The number of hydrogen-bond donors (Lipinski definition) is 0. The fourth-order valence-corrected chi connectivity index (χ4v) is 3.93. The summed E-state index contributed by atoms with van der Waals surface area (Å²) >= 11 is 0. The predicted octanol–water partition coefficient (Wildman–Crippen LogP) is 4.17. The van der Waals surface area contributed by atoms with Gasteiger partial charge in [0.05, 0.1) is 0 Å². The summed E-state index contributed by atoms with van der Waals surface area (Å²) in [4.78, 5) is 16.3. The molecule has 4 rings (SSSR count). The Morgan fingerprint density at radius 3 is 2.89 bits per heavy atom. The number of aromatic nitrogens is 4. The molecule has 0 N–H and O–H groups in total. The van der Waals surface area contributed by atoms with E-state index in [1.807, 2.05) is 30.9 Å². The number of nitrogens with zero attached hydrogens (tertiary/aromatic N) is 5. The van der Waals surface area contributed by atoms with E-state index in [9.17, 15) is 0 Å². The molecule has 0 bridgehead atoms. The zero-order chi connectivity index (χ0) is 18.6. The number of hydrogen-bond acceptors (Lipinski definition) is 4. The molecule has 3 aromatic rings. The number of piperidine rings is 1. The minimum Gasteiger partial charge on any atom is -0.298 e. The number of likely N-dealkylation sites (tertiary alicyclic amines) is 1. The van der Waals surface area contributed by atoms with Crippen molar-refractivity contribution < 1.29 is 0 Å². The van der Waals surface area contributed by atoms with E-state index in [2.05, 4.69) is 57.5 Å². The van der Waals surface area contributed by atoms with Crippen LogP contribution in [0, 0.1) is 0 Å². The van der Waals surface area contributed by atoms with Crippen LogP contribution in [-0.4, -0.2) is 37.5 Å². The summed E-state index contributed by atoms with van der Waals surface area (Å²) in [6.45, 7) is 7.49. The highest BCUT2D eigenvalue weighted by Crippen LogP contribution is 2.27. The lowest BCUT2D eigenvalue weighted by atomic mass is 9.94. The van der Waals surface area contributed by atoms with E-state index in [1.54, 1.807) is 0 Å². The molecule has 1 atom stereocenters. The highest BCUT2D eigenvalue weighted by atomic mass is 15.1. The molecule has 1 saturated heterocycles. The van der Waals surface area contributed by atoms with E-state index < -0.39 is 0 Å². The lowest BCUT2D eigenvalue weighted by molar-refractivity contribution is 0.198. The van der Waals surface area contributed by atoms with Crippen molar-refractivity contribution in [2.24, 2.45) is 0 Å². The van der Waals surface area contributed by atoms with Crippen LogP contribution in [0.1, 0.15) is 55.6 Å². The highest BCUT2D eigenvalue weighted by molar-refractivity contribution is 5.29. The number of imidazole rings is 1. The summed E-state index contributed by atoms with van der Waals surface area (Å²) in [5, 5.41) is 0. The third-order valence-corrected chi connectivity index (χ3v) is 5.24. The van der Waals surface area contributed by atoms with Gasteiger partial charge in [-0.2, -0.15) is 0 Å². The van der Waals surface area contributed by atoms with Gasteiger partial charge in [-0.1, -0.05) is 26.0 Å². The summed E-state index contributed by atoms with van der Waals surface area (Å²) in [6, 6.07) is 10.5. The molecule has 5 nitrogen and oxygen atoms in total. The molecule has 0 spiro atoms. The standard InChI is InChI=1S/C22H27N5/c1-17(2)22-24-11-13-27(22)21-9-3-8-20(25-21)19-7-5-12-26(16-19)15-18-6-4-10-23-14-18/h3-4,6,8-11,13-14,17,19H,5,7,12,15-16H2,1-2H3/t19-/m0/s1. The van der Waals surface area contributed by atoms with Crippen molar-refractivity contribution in [3.63, 3.8) is 0 Å². The maximum atomic E-state index is 5.01. The van der Waals surface area contributed by atoms with Gasteiger partial charge < -0.3 is 0 Å². The Hall–Kier alpha value is -2.53. The molecule has 0 aromatic carbocycles. The van der Waals surface area contributed by atoms with Gasteiger partial charge in [0.1, 0.15) is 11.6 Å². The highest BCUT2D eigenvalue weighted by Gasteiger charge is 2.23. The molecule has 0 saturated carbocycles. The van der Waals surface area contributed by atoms with Crippen molar-refractivity contribution in [2.45, 2.75) is 45.1 Å². The van der Waals surface area contributed by atoms with E-state index in [0.29, 0.717) is 11.8 Å². The lowest BCUT2D eigenvalue weighted by Gasteiger charge is -2.32. The van der Waals surface area contributed by atoms with Gasteiger partial charge in [-0.05, 0) is 43.1 Å². The molecule has 5 heteroatoms. The van der Waals surface area contributed by atoms with E-state index in [4.69, 9.17) is 4.98 Å². The molecule has 1 fully saturated rings. The second-order valence-corrected chi connectivity index (χ2v) is 7.67. The Labute approximate surface area is 161 Å².